The monoisotopic (exact) mass is 462 g/mol. The minimum atomic E-state index is 0. The number of anilines is 1. The fraction of sp³-hybridized carbons (Fsp3) is 0.375. The third-order valence-electron chi connectivity index (χ3n) is 3.29. The highest BCUT2D eigenvalue weighted by Gasteiger charge is 2.08. The first-order valence-electron chi connectivity index (χ1n) is 7.20. The molecule has 1 aromatic heterocycles. The van der Waals surface area contributed by atoms with Crippen LogP contribution in [-0.4, -0.2) is 32.2 Å². The van der Waals surface area contributed by atoms with Crippen molar-refractivity contribution in [3.8, 4) is 11.5 Å². The number of ether oxygens (including phenoxy) is 2. The zero-order valence-electron chi connectivity index (χ0n) is 14.5. The Bertz CT molecular complexity index is 703. The lowest BCUT2D eigenvalue weighted by Gasteiger charge is -2.13. The number of guanidine groups is 1. The average molecular weight is 462 g/mol. The zero-order chi connectivity index (χ0) is 16.8. The summed E-state index contributed by atoms with van der Waals surface area (Å²) in [4.78, 5) is 9.87. The molecule has 0 aliphatic carbocycles. The number of nitrogens with one attached hydrogen (secondary N) is 2. The topological polar surface area (TPSA) is 67.8 Å². The van der Waals surface area contributed by atoms with E-state index in [2.05, 4.69) is 20.6 Å². The molecule has 0 spiro atoms. The van der Waals surface area contributed by atoms with Gasteiger partial charge in [-0.05, 0) is 26.0 Å². The molecule has 0 radical (unpaired) electrons. The highest BCUT2D eigenvalue weighted by atomic mass is 127. The molecule has 0 aliphatic heterocycles. The highest BCUT2D eigenvalue weighted by molar-refractivity contribution is 14.0. The minimum Gasteiger partial charge on any atom is -0.493 e. The third-order valence-corrected chi connectivity index (χ3v) is 4.36. The van der Waals surface area contributed by atoms with Gasteiger partial charge in [-0.25, -0.2) is 4.98 Å². The van der Waals surface area contributed by atoms with Gasteiger partial charge in [0.1, 0.15) is 0 Å². The van der Waals surface area contributed by atoms with Crippen molar-refractivity contribution in [2.24, 2.45) is 4.99 Å². The summed E-state index contributed by atoms with van der Waals surface area (Å²) in [7, 11) is 4.97. The number of hydrogen-bond acceptors (Lipinski definition) is 5. The van der Waals surface area contributed by atoms with E-state index >= 15 is 0 Å². The van der Waals surface area contributed by atoms with Gasteiger partial charge in [0.25, 0.3) is 0 Å². The molecular formula is C16H23IN4O2S. The summed E-state index contributed by atoms with van der Waals surface area (Å²) in [5.41, 5.74) is 1.93. The number of nitrogens with zero attached hydrogens (tertiary/aromatic N) is 2. The average Bonchev–Trinajstić information content (AvgIpc) is 2.88. The molecule has 0 aliphatic rings. The lowest BCUT2D eigenvalue weighted by molar-refractivity contribution is 0.355. The Morgan fingerprint density at radius 1 is 1.21 bits per heavy atom. The quantitative estimate of drug-likeness (QED) is 0.404. The lowest BCUT2D eigenvalue weighted by Crippen LogP contribution is -2.30. The van der Waals surface area contributed by atoms with Crippen molar-refractivity contribution in [1.29, 1.82) is 0 Å². The van der Waals surface area contributed by atoms with Gasteiger partial charge in [-0.15, -0.1) is 35.3 Å². The Kier molecular flexibility index (Phi) is 8.26. The van der Waals surface area contributed by atoms with E-state index in [0.29, 0.717) is 24.0 Å². The second-order valence-corrected chi connectivity index (χ2v) is 6.15. The number of thiazole rings is 1. The largest absolute Gasteiger partial charge is 0.493 e. The molecule has 0 bridgehead atoms. The Labute approximate surface area is 163 Å². The van der Waals surface area contributed by atoms with E-state index in [9.17, 15) is 0 Å². The van der Waals surface area contributed by atoms with Gasteiger partial charge >= 0.3 is 0 Å². The van der Waals surface area contributed by atoms with Crippen molar-refractivity contribution < 1.29 is 9.47 Å². The molecule has 2 rings (SSSR count). The number of halogens is 1. The van der Waals surface area contributed by atoms with Gasteiger partial charge in [-0.1, -0.05) is 0 Å². The first-order chi connectivity index (χ1) is 11.1. The Balaban J connectivity index is 0.00000288. The smallest absolute Gasteiger partial charge is 0.195 e. The molecule has 0 amide bonds. The van der Waals surface area contributed by atoms with Crippen molar-refractivity contribution in [3.63, 3.8) is 0 Å². The number of aliphatic imine (C=N–C) groups is 1. The molecule has 132 valence electrons. The molecule has 1 aromatic carbocycles. The molecule has 0 unspecified atom stereocenters. The van der Waals surface area contributed by atoms with E-state index in [1.54, 1.807) is 32.6 Å². The van der Waals surface area contributed by atoms with Crippen LogP contribution < -0.4 is 20.1 Å². The zero-order valence-corrected chi connectivity index (χ0v) is 17.6. The maximum absolute atomic E-state index is 5.31. The molecule has 24 heavy (non-hydrogen) atoms. The van der Waals surface area contributed by atoms with E-state index in [1.165, 1.54) is 4.88 Å². The first-order valence-corrected chi connectivity index (χ1v) is 8.01. The maximum atomic E-state index is 5.31. The summed E-state index contributed by atoms with van der Waals surface area (Å²) in [6.45, 7) is 4.72. The van der Waals surface area contributed by atoms with Gasteiger partial charge in [0, 0.05) is 23.7 Å². The van der Waals surface area contributed by atoms with E-state index < -0.39 is 0 Å². The van der Waals surface area contributed by atoms with Crippen molar-refractivity contribution >= 4 is 47.0 Å². The molecule has 0 atom stereocenters. The predicted octanol–water partition coefficient (Wildman–Crippen LogP) is 3.58. The SMILES string of the molecule is CN=C(NCc1sc(C)nc1C)Nc1ccc(OC)c(OC)c1.I. The van der Waals surface area contributed by atoms with Crippen LogP contribution >= 0.6 is 35.3 Å². The molecule has 0 saturated carbocycles. The number of methoxy groups -OCH3 is 2. The Hall–Kier alpha value is -1.55. The van der Waals surface area contributed by atoms with Gasteiger partial charge in [0.15, 0.2) is 17.5 Å². The van der Waals surface area contributed by atoms with E-state index in [-0.39, 0.29) is 24.0 Å². The Morgan fingerprint density at radius 2 is 1.92 bits per heavy atom. The van der Waals surface area contributed by atoms with Gasteiger partial charge in [-0.2, -0.15) is 0 Å². The second kappa shape index (κ2) is 9.67. The van der Waals surface area contributed by atoms with Crippen LogP contribution in [0, 0.1) is 13.8 Å². The number of aryl methyl sites for hydroxylation is 2. The van der Waals surface area contributed by atoms with Gasteiger partial charge in [-0.3, -0.25) is 4.99 Å². The fourth-order valence-corrected chi connectivity index (χ4v) is 3.01. The van der Waals surface area contributed by atoms with Crippen molar-refractivity contribution in [2.45, 2.75) is 20.4 Å². The molecule has 0 fully saturated rings. The number of hydrogen-bond donors (Lipinski definition) is 2. The molecule has 1 heterocycles. The normalized spacial score (nSPS) is 10.8. The first kappa shape index (κ1) is 20.5. The van der Waals surface area contributed by atoms with E-state index in [0.717, 1.165) is 16.4 Å². The van der Waals surface area contributed by atoms with Crippen molar-refractivity contribution in [1.82, 2.24) is 10.3 Å². The van der Waals surface area contributed by atoms with Crippen LogP contribution in [0.25, 0.3) is 0 Å². The van der Waals surface area contributed by atoms with Gasteiger partial charge in [0.05, 0.1) is 31.5 Å². The molecule has 2 aromatic rings. The van der Waals surface area contributed by atoms with Crippen LogP contribution in [0.1, 0.15) is 15.6 Å². The highest BCUT2D eigenvalue weighted by Crippen LogP contribution is 2.29. The lowest BCUT2D eigenvalue weighted by atomic mass is 10.2. The van der Waals surface area contributed by atoms with E-state index in [1.807, 2.05) is 32.0 Å². The summed E-state index contributed by atoms with van der Waals surface area (Å²) in [6.07, 6.45) is 0. The molecule has 6 nitrogen and oxygen atoms in total. The van der Waals surface area contributed by atoms with Crippen molar-refractivity contribution in [3.05, 3.63) is 33.8 Å². The summed E-state index contributed by atoms with van der Waals surface area (Å²) in [6, 6.07) is 5.63. The summed E-state index contributed by atoms with van der Waals surface area (Å²) in [5, 5.41) is 7.60. The second-order valence-electron chi connectivity index (χ2n) is 4.86. The van der Waals surface area contributed by atoms with Crippen LogP contribution in [0.2, 0.25) is 0 Å². The minimum absolute atomic E-state index is 0. The summed E-state index contributed by atoms with van der Waals surface area (Å²) in [5.74, 6) is 2.04. The third kappa shape index (κ3) is 5.23. The standard InChI is InChI=1S/C16H22N4O2S.HI/c1-10-15(23-11(2)19-10)9-18-16(17-3)20-12-6-7-13(21-4)14(8-12)22-5;/h6-8H,9H2,1-5H3,(H2,17,18,20);1H. The fourth-order valence-electron chi connectivity index (χ4n) is 2.13. The molecular weight excluding hydrogens is 439 g/mol. The van der Waals surface area contributed by atoms with Crippen LogP contribution in [0.4, 0.5) is 5.69 Å². The Morgan fingerprint density at radius 3 is 2.46 bits per heavy atom. The molecule has 0 saturated heterocycles. The van der Waals surface area contributed by atoms with Gasteiger partial charge in [0.2, 0.25) is 0 Å². The summed E-state index contributed by atoms with van der Waals surface area (Å²) < 4.78 is 10.5. The number of benzene rings is 1. The molecule has 8 heteroatoms. The van der Waals surface area contributed by atoms with Crippen LogP contribution in [0.3, 0.4) is 0 Å². The summed E-state index contributed by atoms with van der Waals surface area (Å²) >= 11 is 1.69. The van der Waals surface area contributed by atoms with Crippen LogP contribution in [0.15, 0.2) is 23.2 Å². The van der Waals surface area contributed by atoms with Gasteiger partial charge < -0.3 is 20.1 Å². The van der Waals surface area contributed by atoms with Crippen molar-refractivity contribution in [2.75, 3.05) is 26.6 Å². The maximum Gasteiger partial charge on any atom is 0.195 e. The van der Waals surface area contributed by atoms with Crippen LogP contribution in [0.5, 0.6) is 11.5 Å². The number of rotatable bonds is 5. The predicted molar refractivity (Wildman–Crippen MR) is 110 cm³/mol. The molecule has 2 N–H and O–H groups in total. The number of aromatic nitrogens is 1. The van der Waals surface area contributed by atoms with E-state index in [4.69, 9.17) is 9.47 Å². The van der Waals surface area contributed by atoms with Crippen LogP contribution in [-0.2, 0) is 6.54 Å².